The normalized spacial score (nSPS) is 19.0. The summed E-state index contributed by atoms with van der Waals surface area (Å²) in [6, 6.07) is 11.5. The largest absolute Gasteiger partial charge is 0.465 e. The molecule has 0 spiro atoms. The first-order valence-electron chi connectivity index (χ1n) is 7.08. The topological polar surface area (TPSA) is 66.4 Å². The van der Waals surface area contributed by atoms with E-state index in [0.29, 0.717) is 18.3 Å². The number of fused-ring (bicyclic) bond motifs is 1. The van der Waals surface area contributed by atoms with Crippen LogP contribution in [0.2, 0.25) is 0 Å². The van der Waals surface area contributed by atoms with Gasteiger partial charge in [-0.05, 0) is 46.9 Å². The van der Waals surface area contributed by atoms with Gasteiger partial charge in [0.05, 0.1) is 0 Å². The number of hydrogen-bond donors (Lipinski definition) is 2. The fourth-order valence-corrected chi connectivity index (χ4v) is 2.84. The highest BCUT2D eigenvalue weighted by Crippen LogP contribution is 2.33. The Morgan fingerprint density at radius 2 is 1.87 bits per heavy atom. The minimum Gasteiger partial charge on any atom is -0.465 e. The van der Waals surface area contributed by atoms with E-state index >= 15 is 0 Å². The Hall–Kier alpha value is -2.95. The molecule has 0 aliphatic heterocycles. The molecule has 1 aliphatic rings. The van der Waals surface area contributed by atoms with Gasteiger partial charge in [0.2, 0.25) is 0 Å². The highest BCUT2D eigenvalue weighted by Gasteiger charge is 2.35. The van der Waals surface area contributed by atoms with E-state index in [1.807, 2.05) is 12.1 Å². The summed E-state index contributed by atoms with van der Waals surface area (Å²) in [5.41, 5.74) is 1.66. The lowest BCUT2D eigenvalue weighted by molar-refractivity contribution is -0.112. The molecule has 2 aromatic rings. The van der Waals surface area contributed by atoms with E-state index in [-0.39, 0.29) is 5.82 Å². The van der Waals surface area contributed by atoms with Crippen molar-refractivity contribution >= 4 is 12.4 Å². The van der Waals surface area contributed by atoms with Crippen molar-refractivity contribution < 1.29 is 19.1 Å². The highest BCUT2D eigenvalue weighted by atomic mass is 19.1. The van der Waals surface area contributed by atoms with Gasteiger partial charge >= 0.3 is 6.09 Å². The maximum atomic E-state index is 13.1. The molecule has 23 heavy (non-hydrogen) atoms. The molecule has 0 radical (unpaired) electrons. The fourth-order valence-electron chi connectivity index (χ4n) is 2.84. The maximum absolute atomic E-state index is 13.1. The van der Waals surface area contributed by atoms with Gasteiger partial charge in [0.25, 0.3) is 0 Å². The van der Waals surface area contributed by atoms with E-state index in [9.17, 15) is 14.0 Å². The Balaban J connectivity index is 2.12. The molecule has 0 unspecified atom stereocenters. The average molecular weight is 311 g/mol. The van der Waals surface area contributed by atoms with E-state index < -0.39 is 11.6 Å². The number of aldehydes is 1. The summed E-state index contributed by atoms with van der Waals surface area (Å²) in [6.07, 6.45) is 3.26. The molecule has 2 aromatic carbocycles. The first kappa shape index (κ1) is 15.0. The molecule has 4 nitrogen and oxygen atoms in total. The van der Waals surface area contributed by atoms with Crippen molar-refractivity contribution in [2.24, 2.45) is 0 Å². The van der Waals surface area contributed by atoms with Crippen LogP contribution in [0.5, 0.6) is 0 Å². The number of rotatable bonds is 3. The van der Waals surface area contributed by atoms with Crippen LogP contribution in [0.4, 0.5) is 9.18 Å². The molecule has 0 saturated carbocycles. The summed E-state index contributed by atoms with van der Waals surface area (Å²) < 4.78 is 13.1. The molecule has 2 N–H and O–H groups in total. The average Bonchev–Trinajstić information content (AvgIpc) is 2.55. The first-order chi connectivity index (χ1) is 11.0. The molecule has 0 saturated heterocycles. The second kappa shape index (κ2) is 5.68. The van der Waals surface area contributed by atoms with Crippen LogP contribution >= 0.6 is 0 Å². The third kappa shape index (κ3) is 2.73. The summed E-state index contributed by atoms with van der Waals surface area (Å²) in [4.78, 5) is 22.7. The lowest BCUT2D eigenvalue weighted by Crippen LogP contribution is -2.46. The van der Waals surface area contributed by atoms with Gasteiger partial charge in [-0.3, -0.25) is 4.79 Å². The fraction of sp³-hybridized carbons (Fsp3) is 0.111. The number of carbonyl (C=O) groups is 2. The number of hydrogen-bond acceptors (Lipinski definition) is 2. The monoisotopic (exact) mass is 311 g/mol. The van der Waals surface area contributed by atoms with Crippen molar-refractivity contribution in [2.75, 3.05) is 0 Å². The second-order valence-electron chi connectivity index (χ2n) is 5.40. The van der Waals surface area contributed by atoms with Gasteiger partial charge in [-0.25, -0.2) is 9.18 Å². The zero-order valence-electron chi connectivity index (χ0n) is 12.1. The van der Waals surface area contributed by atoms with Crippen LogP contribution in [-0.2, 0) is 16.8 Å². The number of halogens is 1. The molecule has 0 aromatic heterocycles. The van der Waals surface area contributed by atoms with Gasteiger partial charge < -0.3 is 10.4 Å². The van der Waals surface area contributed by atoms with Crippen LogP contribution in [0.1, 0.15) is 11.1 Å². The molecule has 1 amide bonds. The standard InChI is InChI=1S/C18H14FNO3/c19-15-7-5-12(6-8-15)14-4-3-13-2-1-9-18(11-21,16(13)10-14)20-17(22)23/h1,3-11,20H,2H2,(H,22,23)/t18-/m1/s1. The maximum Gasteiger partial charge on any atom is 0.405 e. The van der Waals surface area contributed by atoms with Gasteiger partial charge in [0.15, 0.2) is 6.29 Å². The van der Waals surface area contributed by atoms with Crippen molar-refractivity contribution in [3.63, 3.8) is 0 Å². The minimum absolute atomic E-state index is 0.329. The molecule has 0 bridgehead atoms. The van der Waals surface area contributed by atoms with Crippen molar-refractivity contribution in [1.29, 1.82) is 0 Å². The molecular weight excluding hydrogens is 297 g/mol. The Kier molecular flexibility index (Phi) is 3.70. The predicted octanol–water partition coefficient (Wildman–Crippen LogP) is 3.27. The van der Waals surface area contributed by atoms with Crippen LogP contribution in [0.3, 0.4) is 0 Å². The van der Waals surface area contributed by atoms with E-state index in [0.717, 1.165) is 16.7 Å². The molecule has 3 rings (SSSR count). The van der Waals surface area contributed by atoms with Gasteiger partial charge in [0.1, 0.15) is 11.4 Å². The first-order valence-corrected chi connectivity index (χ1v) is 7.08. The van der Waals surface area contributed by atoms with Crippen LogP contribution in [0, 0.1) is 5.82 Å². The number of nitrogens with one attached hydrogen (secondary N) is 1. The molecule has 5 heteroatoms. The zero-order valence-corrected chi connectivity index (χ0v) is 12.1. The van der Waals surface area contributed by atoms with Crippen LogP contribution in [-0.4, -0.2) is 17.5 Å². The Morgan fingerprint density at radius 3 is 2.52 bits per heavy atom. The van der Waals surface area contributed by atoms with E-state index in [1.165, 1.54) is 12.1 Å². The predicted molar refractivity (Wildman–Crippen MR) is 83.6 cm³/mol. The molecule has 0 fully saturated rings. The lowest BCUT2D eigenvalue weighted by Gasteiger charge is -2.30. The number of carbonyl (C=O) groups excluding carboxylic acids is 1. The smallest absolute Gasteiger partial charge is 0.405 e. The number of carboxylic acid groups (broad SMARTS) is 1. The number of benzene rings is 2. The summed E-state index contributed by atoms with van der Waals surface area (Å²) >= 11 is 0. The minimum atomic E-state index is -1.39. The van der Waals surface area contributed by atoms with Crippen molar-refractivity contribution in [2.45, 2.75) is 12.0 Å². The van der Waals surface area contributed by atoms with Gasteiger partial charge in [0, 0.05) is 0 Å². The lowest BCUT2D eigenvalue weighted by atomic mass is 9.80. The Morgan fingerprint density at radius 1 is 1.17 bits per heavy atom. The molecule has 1 atom stereocenters. The van der Waals surface area contributed by atoms with Crippen molar-refractivity contribution in [3.8, 4) is 11.1 Å². The number of amides is 1. The third-order valence-electron chi connectivity index (χ3n) is 3.95. The molecular formula is C18H14FNO3. The molecule has 0 heterocycles. The van der Waals surface area contributed by atoms with Crippen LogP contribution in [0.25, 0.3) is 11.1 Å². The van der Waals surface area contributed by atoms with Crippen molar-refractivity contribution in [1.82, 2.24) is 5.32 Å². The molecule has 1 aliphatic carbocycles. The Labute approximate surface area is 132 Å². The summed E-state index contributed by atoms with van der Waals surface area (Å²) in [5.74, 6) is -0.329. The van der Waals surface area contributed by atoms with Crippen LogP contribution in [0.15, 0.2) is 54.6 Å². The van der Waals surface area contributed by atoms with E-state index in [1.54, 1.807) is 30.4 Å². The zero-order chi connectivity index (χ0) is 16.4. The summed E-state index contributed by atoms with van der Waals surface area (Å²) in [7, 11) is 0. The van der Waals surface area contributed by atoms with Gasteiger partial charge in [-0.2, -0.15) is 0 Å². The van der Waals surface area contributed by atoms with E-state index in [2.05, 4.69) is 5.32 Å². The highest BCUT2D eigenvalue weighted by molar-refractivity contribution is 5.82. The SMILES string of the molecule is O=C[C@]1(NC(=O)O)C=CCc2ccc(-c3ccc(F)cc3)cc21. The van der Waals surface area contributed by atoms with Gasteiger partial charge in [-0.15, -0.1) is 0 Å². The van der Waals surface area contributed by atoms with E-state index in [4.69, 9.17) is 5.11 Å². The molecule has 116 valence electrons. The second-order valence-corrected chi connectivity index (χ2v) is 5.40. The Bertz CT molecular complexity index is 798. The summed E-state index contributed by atoms with van der Waals surface area (Å²) in [5, 5.41) is 11.3. The van der Waals surface area contributed by atoms with Gasteiger partial charge in [-0.1, -0.05) is 36.4 Å². The van der Waals surface area contributed by atoms with Crippen molar-refractivity contribution in [3.05, 3.63) is 71.6 Å². The summed E-state index contributed by atoms with van der Waals surface area (Å²) in [6.45, 7) is 0. The quantitative estimate of drug-likeness (QED) is 0.675. The number of allylic oxidation sites excluding steroid dienone is 1. The third-order valence-corrected chi connectivity index (χ3v) is 3.95. The van der Waals surface area contributed by atoms with Crippen LogP contribution < -0.4 is 5.32 Å².